The molecule has 168 valence electrons. The number of nitrogens with zero attached hydrogens (tertiary/aromatic N) is 2. The molecule has 31 heavy (non-hydrogen) atoms. The van der Waals surface area contributed by atoms with Crippen LogP contribution in [0.3, 0.4) is 0 Å². The Morgan fingerprint density at radius 1 is 1.35 bits per heavy atom. The minimum absolute atomic E-state index is 0.0394. The molecule has 9 nitrogen and oxygen atoms in total. The van der Waals surface area contributed by atoms with Crippen molar-refractivity contribution in [3.8, 4) is 5.75 Å². The number of carbonyl (C=O) groups excluding carboxylic acids is 1. The molecule has 0 spiro atoms. The van der Waals surface area contributed by atoms with Crippen LogP contribution >= 0.6 is 11.6 Å². The lowest BCUT2D eigenvalue weighted by Crippen LogP contribution is -2.64. The lowest BCUT2D eigenvalue weighted by Gasteiger charge is -2.54. The lowest BCUT2D eigenvalue weighted by atomic mass is 9.55. The quantitative estimate of drug-likeness (QED) is 0.648. The third kappa shape index (κ3) is 4.13. The zero-order chi connectivity index (χ0) is 22.4. The molecule has 1 aromatic heterocycles. The molecule has 3 aliphatic rings. The number of rotatable bonds is 6. The number of benzene rings is 1. The smallest absolute Gasteiger partial charge is 0.335 e. The van der Waals surface area contributed by atoms with E-state index in [0.29, 0.717) is 25.7 Å². The van der Waals surface area contributed by atoms with E-state index in [1.165, 1.54) is 12.1 Å². The zero-order valence-corrected chi connectivity index (χ0v) is 18.2. The first kappa shape index (κ1) is 22.0. The van der Waals surface area contributed by atoms with Gasteiger partial charge in [0.2, 0.25) is 15.7 Å². The number of aromatic nitrogens is 2. The summed E-state index contributed by atoms with van der Waals surface area (Å²) < 4.78 is 47.5. The molecule has 5 rings (SSSR count). The first-order valence-electron chi connectivity index (χ1n) is 9.64. The van der Waals surface area contributed by atoms with Crippen LogP contribution in [0.1, 0.15) is 38.0 Å². The summed E-state index contributed by atoms with van der Waals surface area (Å²) in [5.41, 5.74) is -1.45. The Morgan fingerprint density at radius 2 is 2.06 bits per heavy atom. The van der Waals surface area contributed by atoms with Crippen molar-refractivity contribution in [2.24, 2.45) is 0 Å². The summed E-state index contributed by atoms with van der Waals surface area (Å²) in [5.74, 6) is -0.751. The molecule has 1 amide bonds. The Balaban J connectivity index is 1.41. The number of hydrogen-bond acceptors (Lipinski definition) is 8. The Kier molecular flexibility index (Phi) is 5.47. The molecule has 3 fully saturated rings. The molecule has 1 aromatic carbocycles. The maximum absolute atomic E-state index is 13.5. The fourth-order valence-corrected chi connectivity index (χ4v) is 4.96. The highest BCUT2D eigenvalue weighted by Crippen LogP contribution is 2.53. The number of halogens is 2. The van der Waals surface area contributed by atoms with Crippen LogP contribution < -0.4 is 10.1 Å². The molecule has 1 atom stereocenters. The summed E-state index contributed by atoms with van der Waals surface area (Å²) >= 11 is 5.63. The predicted molar refractivity (Wildman–Crippen MR) is 106 cm³/mol. The van der Waals surface area contributed by atoms with Crippen molar-refractivity contribution in [3.63, 3.8) is 0 Å². The average Bonchev–Trinajstić information content (AvgIpc) is 3.21. The van der Waals surface area contributed by atoms with Crippen molar-refractivity contribution in [3.05, 3.63) is 34.9 Å². The first-order valence-corrected chi connectivity index (χ1v) is 11.9. The molecule has 3 saturated carbocycles. The van der Waals surface area contributed by atoms with E-state index in [2.05, 4.69) is 15.5 Å². The average molecular weight is 474 g/mol. The van der Waals surface area contributed by atoms with E-state index in [1.807, 2.05) is 0 Å². The van der Waals surface area contributed by atoms with Crippen LogP contribution in [0.2, 0.25) is 5.02 Å². The molecule has 3 aliphatic carbocycles. The Morgan fingerprint density at radius 3 is 2.65 bits per heavy atom. The van der Waals surface area contributed by atoms with Crippen LogP contribution in [0.4, 0.5) is 4.39 Å². The SMILES string of the molecule is CS(=O)(=O)c1nnc(C23CCC(NC(=O)COc4ccc(Cl)c(F)c4)(CC2)CC3O)o1. The number of nitrogens with one attached hydrogen (secondary N) is 1. The van der Waals surface area contributed by atoms with Gasteiger partial charge in [0.15, 0.2) is 6.61 Å². The van der Waals surface area contributed by atoms with E-state index < -0.39 is 43.8 Å². The third-order valence-electron chi connectivity index (χ3n) is 6.14. The first-order chi connectivity index (χ1) is 14.5. The van der Waals surface area contributed by atoms with E-state index >= 15 is 0 Å². The Bertz CT molecular complexity index is 1110. The van der Waals surface area contributed by atoms with Gasteiger partial charge in [-0.3, -0.25) is 4.79 Å². The van der Waals surface area contributed by atoms with Crippen LogP contribution in [-0.2, 0) is 20.0 Å². The summed E-state index contributed by atoms with van der Waals surface area (Å²) in [4.78, 5) is 12.4. The largest absolute Gasteiger partial charge is 0.484 e. The minimum atomic E-state index is -3.65. The number of carbonyl (C=O) groups is 1. The van der Waals surface area contributed by atoms with E-state index in [-0.39, 0.29) is 29.7 Å². The van der Waals surface area contributed by atoms with Gasteiger partial charge in [-0.2, -0.15) is 0 Å². The highest BCUT2D eigenvalue weighted by atomic mass is 35.5. The fourth-order valence-electron chi connectivity index (χ4n) is 4.42. The number of aliphatic hydroxyl groups is 1. The van der Waals surface area contributed by atoms with Crippen LogP contribution in [0.25, 0.3) is 0 Å². The monoisotopic (exact) mass is 473 g/mol. The minimum Gasteiger partial charge on any atom is -0.484 e. The molecule has 2 N–H and O–H groups in total. The number of amides is 1. The van der Waals surface area contributed by atoms with Crippen LogP contribution in [0, 0.1) is 5.82 Å². The van der Waals surface area contributed by atoms with Gasteiger partial charge in [-0.05, 0) is 44.2 Å². The molecule has 0 aliphatic heterocycles. The Labute approximate surface area is 182 Å². The number of aliphatic hydroxyl groups excluding tert-OH is 1. The molecule has 2 bridgehead atoms. The summed E-state index contributed by atoms with van der Waals surface area (Å²) in [6.07, 6.45) is 2.32. The highest BCUT2D eigenvalue weighted by molar-refractivity contribution is 7.90. The molecule has 12 heteroatoms. The number of ether oxygens (including phenoxy) is 1. The van der Waals surface area contributed by atoms with E-state index in [4.69, 9.17) is 20.8 Å². The molecular formula is C19H21ClFN3O6S. The van der Waals surface area contributed by atoms with Crippen LogP contribution in [-0.4, -0.2) is 54.1 Å². The summed E-state index contributed by atoms with van der Waals surface area (Å²) in [6, 6.07) is 3.90. The van der Waals surface area contributed by atoms with Gasteiger partial charge in [-0.1, -0.05) is 16.7 Å². The number of hydrogen-bond donors (Lipinski definition) is 2. The van der Waals surface area contributed by atoms with Gasteiger partial charge in [0.1, 0.15) is 11.6 Å². The van der Waals surface area contributed by atoms with Gasteiger partial charge in [-0.15, -0.1) is 5.10 Å². The topological polar surface area (TPSA) is 132 Å². The summed E-state index contributed by atoms with van der Waals surface area (Å²) in [5, 5.41) is 20.7. The van der Waals surface area contributed by atoms with Gasteiger partial charge in [0, 0.05) is 17.9 Å². The van der Waals surface area contributed by atoms with Gasteiger partial charge in [-0.25, -0.2) is 12.8 Å². The predicted octanol–water partition coefficient (Wildman–Crippen LogP) is 1.78. The second kappa shape index (κ2) is 7.72. The van der Waals surface area contributed by atoms with Crippen molar-refractivity contribution in [2.75, 3.05) is 12.9 Å². The van der Waals surface area contributed by atoms with Crippen molar-refractivity contribution >= 4 is 27.3 Å². The Hall–Kier alpha value is -2.24. The van der Waals surface area contributed by atoms with Gasteiger partial charge < -0.3 is 19.6 Å². The van der Waals surface area contributed by atoms with Crippen molar-refractivity contribution < 1.29 is 31.9 Å². The maximum Gasteiger partial charge on any atom is 0.335 e. The van der Waals surface area contributed by atoms with Gasteiger partial charge >= 0.3 is 5.22 Å². The summed E-state index contributed by atoms with van der Waals surface area (Å²) in [7, 11) is -3.65. The second-order valence-corrected chi connectivity index (χ2v) is 10.5. The highest BCUT2D eigenvalue weighted by Gasteiger charge is 2.58. The number of sulfone groups is 1. The standard InChI is InChI=1S/C19H21ClFN3O6S/c1-31(27,28)17-24-23-16(30-17)19-6-4-18(5-7-19,9-14(19)25)22-15(26)10-29-11-2-3-12(20)13(21)8-11/h2-3,8,14,25H,4-7,9-10H2,1H3,(H,22,26). The second-order valence-electron chi connectivity index (χ2n) is 8.21. The maximum atomic E-state index is 13.5. The summed E-state index contributed by atoms with van der Waals surface area (Å²) in [6.45, 7) is -0.314. The van der Waals surface area contributed by atoms with Crippen molar-refractivity contribution in [2.45, 2.75) is 54.4 Å². The molecule has 2 aromatic rings. The fraction of sp³-hybridized carbons (Fsp3) is 0.526. The van der Waals surface area contributed by atoms with E-state index in [1.54, 1.807) is 0 Å². The zero-order valence-electron chi connectivity index (χ0n) is 16.6. The molecular weight excluding hydrogens is 453 g/mol. The number of fused-ring (bicyclic) bond motifs is 3. The molecule has 0 radical (unpaired) electrons. The third-order valence-corrected chi connectivity index (χ3v) is 7.24. The molecule has 1 heterocycles. The van der Waals surface area contributed by atoms with Gasteiger partial charge in [0.25, 0.3) is 5.91 Å². The normalized spacial score (nSPS) is 27.8. The lowest BCUT2D eigenvalue weighted by molar-refractivity contribution is -0.129. The van der Waals surface area contributed by atoms with Crippen molar-refractivity contribution in [1.29, 1.82) is 0 Å². The van der Waals surface area contributed by atoms with Crippen molar-refractivity contribution in [1.82, 2.24) is 15.5 Å². The van der Waals surface area contributed by atoms with E-state index in [9.17, 15) is 22.7 Å². The van der Waals surface area contributed by atoms with Crippen LogP contribution in [0.5, 0.6) is 5.75 Å². The molecule has 0 saturated heterocycles. The van der Waals surface area contributed by atoms with Gasteiger partial charge in [0.05, 0.1) is 16.5 Å². The molecule has 1 unspecified atom stereocenters. The van der Waals surface area contributed by atoms with Crippen LogP contribution in [0.15, 0.2) is 27.8 Å². The van der Waals surface area contributed by atoms with E-state index in [0.717, 1.165) is 12.3 Å².